The van der Waals surface area contributed by atoms with Crippen molar-refractivity contribution >= 4 is 17.3 Å². The summed E-state index contributed by atoms with van der Waals surface area (Å²) in [6, 6.07) is 16.6. The van der Waals surface area contributed by atoms with Crippen LogP contribution in [0.3, 0.4) is 0 Å². The van der Waals surface area contributed by atoms with Gasteiger partial charge in [-0.25, -0.2) is 4.39 Å². The number of nitriles is 1. The van der Waals surface area contributed by atoms with E-state index in [4.69, 9.17) is 22.1 Å². The van der Waals surface area contributed by atoms with E-state index in [1.165, 1.54) is 12.1 Å². The second-order valence-electron chi connectivity index (χ2n) is 5.17. The van der Waals surface area contributed by atoms with Crippen LogP contribution >= 0.6 is 11.6 Å². The Kier molecular flexibility index (Phi) is 4.41. The normalized spacial score (nSPS) is 10.4. The summed E-state index contributed by atoms with van der Waals surface area (Å²) in [6.45, 7) is 0.330. The summed E-state index contributed by atoms with van der Waals surface area (Å²) >= 11 is 5.96. The lowest BCUT2D eigenvalue weighted by Gasteiger charge is -2.12. The van der Waals surface area contributed by atoms with E-state index >= 15 is 0 Å². The molecule has 0 bridgehead atoms. The lowest BCUT2D eigenvalue weighted by molar-refractivity contribution is 0.437. The Hall–Kier alpha value is -2.97. The summed E-state index contributed by atoms with van der Waals surface area (Å²) in [7, 11) is 0. The quantitative estimate of drug-likeness (QED) is 0.755. The first-order valence-electron chi connectivity index (χ1n) is 7.14. The second-order valence-corrected chi connectivity index (χ2v) is 5.61. The summed E-state index contributed by atoms with van der Waals surface area (Å²) in [5.41, 5.74) is 7.51. The minimum absolute atomic E-state index is 0.318. The van der Waals surface area contributed by atoms with Crippen molar-refractivity contribution in [3.8, 4) is 17.7 Å². The molecule has 120 valence electrons. The number of nitrogen functional groups attached to an aromatic ring is 1. The standard InChI is InChI=1S/C18H13ClFN3O/c19-13-2-1-3-16(8-13)24-18-17(22)9-15(10-21)23(18)11-12-4-6-14(20)7-5-12/h1-9H,11,22H2. The molecule has 0 saturated carbocycles. The van der Waals surface area contributed by atoms with E-state index in [0.29, 0.717) is 34.6 Å². The molecule has 4 nitrogen and oxygen atoms in total. The van der Waals surface area contributed by atoms with Gasteiger partial charge in [-0.15, -0.1) is 0 Å². The monoisotopic (exact) mass is 341 g/mol. The number of halogens is 2. The van der Waals surface area contributed by atoms with Crippen LogP contribution in [0.15, 0.2) is 54.6 Å². The predicted molar refractivity (Wildman–Crippen MR) is 90.6 cm³/mol. The molecule has 3 rings (SSSR count). The smallest absolute Gasteiger partial charge is 0.224 e. The van der Waals surface area contributed by atoms with Crippen molar-refractivity contribution in [3.63, 3.8) is 0 Å². The molecule has 0 spiro atoms. The first kappa shape index (κ1) is 15.9. The maximum Gasteiger partial charge on any atom is 0.224 e. The van der Waals surface area contributed by atoms with Crippen LogP contribution in [0.5, 0.6) is 11.6 Å². The molecule has 0 aliphatic carbocycles. The molecule has 0 amide bonds. The van der Waals surface area contributed by atoms with Gasteiger partial charge in [-0.3, -0.25) is 4.57 Å². The zero-order valence-corrected chi connectivity index (χ0v) is 13.3. The van der Waals surface area contributed by atoms with Gasteiger partial charge in [0.1, 0.15) is 23.3 Å². The second kappa shape index (κ2) is 6.65. The summed E-state index contributed by atoms with van der Waals surface area (Å²) < 4.78 is 20.5. The molecule has 2 N–H and O–H groups in total. The van der Waals surface area contributed by atoms with Crippen molar-refractivity contribution in [1.82, 2.24) is 4.57 Å². The van der Waals surface area contributed by atoms with Gasteiger partial charge in [-0.05, 0) is 35.9 Å². The minimum atomic E-state index is -0.318. The summed E-state index contributed by atoms with van der Waals surface area (Å²) in [6.07, 6.45) is 0. The molecular formula is C18H13ClFN3O. The number of rotatable bonds is 4. The largest absolute Gasteiger partial charge is 0.439 e. The Bertz CT molecular complexity index is 913. The molecule has 0 radical (unpaired) electrons. The van der Waals surface area contributed by atoms with Gasteiger partial charge >= 0.3 is 0 Å². The Labute approximate surface area is 143 Å². The van der Waals surface area contributed by atoms with E-state index in [-0.39, 0.29) is 5.82 Å². The van der Waals surface area contributed by atoms with Crippen molar-refractivity contribution in [2.24, 2.45) is 0 Å². The summed E-state index contributed by atoms with van der Waals surface area (Å²) in [5.74, 6) is 0.539. The maximum absolute atomic E-state index is 13.1. The van der Waals surface area contributed by atoms with Gasteiger partial charge in [0.2, 0.25) is 5.88 Å². The molecule has 24 heavy (non-hydrogen) atoms. The van der Waals surface area contributed by atoms with Crippen LogP contribution in [0.1, 0.15) is 11.3 Å². The molecule has 0 aliphatic rings. The van der Waals surface area contributed by atoms with Crippen LogP contribution in [-0.4, -0.2) is 4.57 Å². The number of ether oxygens (including phenoxy) is 1. The van der Waals surface area contributed by atoms with Gasteiger partial charge < -0.3 is 10.5 Å². The molecular weight excluding hydrogens is 329 g/mol. The number of aromatic nitrogens is 1. The van der Waals surface area contributed by atoms with E-state index in [0.717, 1.165) is 5.56 Å². The molecule has 0 saturated heterocycles. The number of hydrogen-bond acceptors (Lipinski definition) is 3. The van der Waals surface area contributed by atoms with Crippen molar-refractivity contribution in [2.45, 2.75) is 6.54 Å². The van der Waals surface area contributed by atoms with Crippen molar-refractivity contribution < 1.29 is 9.13 Å². The fourth-order valence-corrected chi connectivity index (χ4v) is 2.51. The molecule has 0 unspecified atom stereocenters. The van der Waals surface area contributed by atoms with E-state index in [1.54, 1.807) is 47.0 Å². The zero-order chi connectivity index (χ0) is 17.1. The molecule has 0 fully saturated rings. The maximum atomic E-state index is 13.1. The van der Waals surface area contributed by atoms with Gasteiger partial charge in [-0.2, -0.15) is 5.26 Å². The first-order chi connectivity index (χ1) is 11.6. The summed E-state index contributed by atoms with van der Waals surface area (Å²) in [4.78, 5) is 0. The molecule has 1 heterocycles. The van der Waals surface area contributed by atoms with E-state index in [2.05, 4.69) is 6.07 Å². The molecule has 1 aromatic heterocycles. The third-order valence-corrected chi connectivity index (χ3v) is 3.69. The van der Waals surface area contributed by atoms with Crippen LogP contribution in [0, 0.1) is 17.1 Å². The van der Waals surface area contributed by atoms with Crippen LogP contribution < -0.4 is 10.5 Å². The summed E-state index contributed by atoms with van der Waals surface area (Å²) in [5, 5.41) is 9.86. The first-order valence-corrected chi connectivity index (χ1v) is 7.51. The van der Waals surface area contributed by atoms with Crippen molar-refractivity contribution in [2.75, 3.05) is 5.73 Å². The lowest BCUT2D eigenvalue weighted by atomic mass is 10.2. The highest BCUT2D eigenvalue weighted by molar-refractivity contribution is 6.30. The highest BCUT2D eigenvalue weighted by Gasteiger charge is 2.16. The van der Waals surface area contributed by atoms with Crippen LogP contribution in [0.2, 0.25) is 5.02 Å². The minimum Gasteiger partial charge on any atom is -0.439 e. The number of hydrogen-bond donors (Lipinski definition) is 1. The highest BCUT2D eigenvalue weighted by Crippen LogP contribution is 2.32. The Morgan fingerprint density at radius 2 is 1.92 bits per heavy atom. The molecule has 6 heteroatoms. The van der Waals surface area contributed by atoms with E-state index in [1.807, 2.05) is 0 Å². The number of anilines is 1. The van der Waals surface area contributed by atoms with E-state index in [9.17, 15) is 9.65 Å². The van der Waals surface area contributed by atoms with Crippen LogP contribution in [0.25, 0.3) is 0 Å². The van der Waals surface area contributed by atoms with Crippen molar-refractivity contribution in [3.05, 3.63) is 76.7 Å². The average Bonchev–Trinajstić information content (AvgIpc) is 2.85. The van der Waals surface area contributed by atoms with E-state index < -0.39 is 0 Å². The van der Waals surface area contributed by atoms with Gasteiger partial charge in [0.25, 0.3) is 0 Å². The molecule has 0 aliphatic heterocycles. The predicted octanol–water partition coefficient (Wildman–Crippen LogP) is 4.58. The van der Waals surface area contributed by atoms with Gasteiger partial charge in [-0.1, -0.05) is 29.8 Å². The topological polar surface area (TPSA) is 64.0 Å². The van der Waals surface area contributed by atoms with Crippen LogP contribution in [-0.2, 0) is 6.54 Å². The highest BCUT2D eigenvalue weighted by atomic mass is 35.5. The van der Waals surface area contributed by atoms with Crippen LogP contribution in [0.4, 0.5) is 10.1 Å². The lowest BCUT2D eigenvalue weighted by Crippen LogP contribution is -2.05. The molecule has 0 atom stereocenters. The van der Waals surface area contributed by atoms with Gasteiger partial charge in [0.05, 0.1) is 12.2 Å². The Balaban J connectivity index is 1.98. The average molecular weight is 342 g/mol. The fourth-order valence-electron chi connectivity index (χ4n) is 2.33. The van der Waals surface area contributed by atoms with Gasteiger partial charge in [0, 0.05) is 11.1 Å². The SMILES string of the molecule is N#Cc1cc(N)c(Oc2cccc(Cl)c2)n1Cc1ccc(F)cc1. The number of nitrogens with two attached hydrogens (primary N) is 1. The third kappa shape index (κ3) is 3.34. The third-order valence-electron chi connectivity index (χ3n) is 3.45. The van der Waals surface area contributed by atoms with Crippen molar-refractivity contribution in [1.29, 1.82) is 5.26 Å². The van der Waals surface area contributed by atoms with Gasteiger partial charge in [0.15, 0.2) is 0 Å². The molecule has 3 aromatic rings. The Morgan fingerprint density at radius 3 is 2.58 bits per heavy atom. The Morgan fingerprint density at radius 1 is 1.17 bits per heavy atom. The number of benzene rings is 2. The fraction of sp³-hybridized carbons (Fsp3) is 0.0556. The zero-order valence-electron chi connectivity index (χ0n) is 12.5. The number of nitrogens with zero attached hydrogens (tertiary/aromatic N) is 2. The molecule has 2 aromatic carbocycles.